The van der Waals surface area contributed by atoms with Gasteiger partial charge in [0.25, 0.3) is 5.91 Å². The van der Waals surface area contributed by atoms with Crippen LogP contribution in [0.25, 0.3) is 11.0 Å². The number of esters is 1. The Kier molecular flexibility index (Phi) is 10.4. The predicted octanol–water partition coefficient (Wildman–Crippen LogP) is 2.42. The van der Waals surface area contributed by atoms with Crippen LogP contribution in [0, 0.1) is 0 Å². The number of nitrogens with zero attached hydrogens (tertiary/aromatic N) is 2. The van der Waals surface area contributed by atoms with Gasteiger partial charge in [0.15, 0.2) is 0 Å². The fourth-order valence-corrected chi connectivity index (χ4v) is 4.04. The number of nitrogens with one attached hydrogen (secondary N) is 3. The lowest BCUT2D eigenvalue weighted by Gasteiger charge is -2.20. The van der Waals surface area contributed by atoms with Crippen LogP contribution >= 0.6 is 0 Å². The summed E-state index contributed by atoms with van der Waals surface area (Å²) in [5.41, 5.74) is 4.25. The highest BCUT2D eigenvalue weighted by Crippen LogP contribution is 2.26. The SMILES string of the molecule is CCCCn1c(C(Cc2ccccc2)NC(=O)CCC(=O)NO)nc2cc(C(=O)NCC(=O)OC)ccc21. The Labute approximate surface area is 220 Å². The van der Waals surface area contributed by atoms with Crippen LogP contribution in [0.4, 0.5) is 0 Å². The fraction of sp³-hybridized carbons (Fsp3) is 0.370. The highest BCUT2D eigenvalue weighted by Gasteiger charge is 2.24. The number of fused-ring (bicyclic) bond motifs is 1. The summed E-state index contributed by atoms with van der Waals surface area (Å²) in [6, 6.07) is 14.3. The molecule has 1 heterocycles. The topological polar surface area (TPSA) is 152 Å². The van der Waals surface area contributed by atoms with E-state index < -0.39 is 23.8 Å². The molecule has 0 aliphatic heterocycles. The van der Waals surface area contributed by atoms with Gasteiger partial charge in [-0.1, -0.05) is 43.7 Å². The quantitative estimate of drug-likeness (QED) is 0.153. The third-order valence-electron chi connectivity index (χ3n) is 6.03. The number of aromatic nitrogens is 2. The first-order valence-corrected chi connectivity index (χ1v) is 12.5. The van der Waals surface area contributed by atoms with Gasteiger partial charge in [-0.05, 0) is 36.6 Å². The van der Waals surface area contributed by atoms with E-state index in [1.54, 1.807) is 12.1 Å². The number of hydroxylamine groups is 1. The number of methoxy groups -OCH3 is 1. The van der Waals surface area contributed by atoms with E-state index in [2.05, 4.69) is 22.3 Å². The molecule has 0 spiro atoms. The van der Waals surface area contributed by atoms with E-state index in [1.807, 2.05) is 41.0 Å². The molecule has 2 aromatic carbocycles. The molecule has 1 unspecified atom stereocenters. The zero-order chi connectivity index (χ0) is 27.5. The number of rotatable bonds is 13. The summed E-state index contributed by atoms with van der Waals surface area (Å²) in [5.74, 6) is -1.36. The van der Waals surface area contributed by atoms with Gasteiger partial charge in [-0.2, -0.15) is 0 Å². The minimum Gasteiger partial charge on any atom is -0.468 e. The molecule has 38 heavy (non-hydrogen) atoms. The van der Waals surface area contributed by atoms with E-state index in [0.717, 1.165) is 23.9 Å². The molecule has 0 fully saturated rings. The zero-order valence-corrected chi connectivity index (χ0v) is 21.5. The maximum absolute atomic E-state index is 12.8. The Hall–Kier alpha value is -4.25. The Morgan fingerprint density at radius 1 is 1.05 bits per heavy atom. The number of ether oxygens (including phenoxy) is 1. The van der Waals surface area contributed by atoms with Crippen LogP contribution in [0.15, 0.2) is 48.5 Å². The highest BCUT2D eigenvalue weighted by atomic mass is 16.5. The molecule has 0 radical (unpaired) electrons. The summed E-state index contributed by atoms with van der Waals surface area (Å²) in [7, 11) is 1.25. The van der Waals surface area contributed by atoms with Gasteiger partial charge < -0.3 is 19.9 Å². The van der Waals surface area contributed by atoms with E-state index in [0.29, 0.717) is 29.9 Å². The largest absolute Gasteiger partial charge is 0.468 e. The van der Waals surface area contributed by atoms with Gasteiger partial charge in [0.1, 0.15) is 12.4 Å². The van der Waals surface area contributed by atoms with Gasteiger partial charge in [0.05, 0.1) is 24.2 Å². The average Bonchev–Trinajstić information content (AvgIpc) is 3.30. The molecule has 11 nitrogen and oxygen atoms in total. The van der Waals surface area contributed by atoms with Gasteiger partial charge in [0, 0.05) is 24.9 Å². The van der Waals surface area contributed by atoms with Gasteiger partial charge in [-0.15, -0.1) is 0 Å². The van der Waals surface area contributed by atoms with Crippen molar-refractivity contribution >= 4 is 34.7 Å². The monoisotopic (exact) mass is 523 g/mol. The molecule has 0 saturated heterocycles. The van der Waals surface area contributed by atoms with Crippen molar-refractivity contribution in [2.45, 2.75) is 51.6 Å². The maximum atomic E-state index is 12.8. The molecule has 3 rings (SSSR count). The molecule has 3 amide bonds. The standard InChI is InChI=1S/C27H33N5O6/c1-3-4-14-32-22-11-10-19(27(36)28-17-25(35)38-2)16-20(22)30-26(32)21(15-18-8-6-5-7-9-18)29-23(33)12-13-24(34)31-37/h5-11,16,21,37H,3-4,12-15,17H2,1-2H3,(H,28,36)(H,29,33)(H,31,34). The smallest absolute Gasteiger partial charge is 0.325 e. The van der Waals surface area contributed by atoms with Crippen LogP contribution in [0.5, 0.6) is 0 Å². The number of carbonyl (C=O) groups is 4. The first-order chi connectivity index (χ1) is 18.4. The van der Waals surface area contributed by atoms with Crippen molar-refractivity contribution in [3.63, 3.8) is 0 Å². The Balaban J connectivity index is 1.97. The number of unbranched alkanes of at least 4 members (excludes halogenated alkanes) is 1. The molecule has 0 saturated carbocycles. The van der Waals surface area contributed by atoms with Crippen molar-refractivity contribution in [3.05, 3.63) is 65.5 Å². The second-order valence-electron chi connectivity index (χ2n) is 8.78. The van der Waals surface area contributed by atoms with E-state index in [4.69, 9.17) is 10.2 Å². The van der Waals surface area contributed by atoms with Gasteiger partial charge >= 0.3 is 5.97 Å². The molecule has 11 heteroatoms. The van der Waals surface area contributed by atoms with Gasteiger partial charge in [-0.25, -0.2) is 10.5 Å². The van der Waals surface area contributed by atoms with Crippen molar-refractivity contribution in [2.75, 3.05) is 13.7 Å². The third-order valence-corrected chi connectivity index (χ3v) is 6.03. The third kappa shape index (κ3) is 7.62. The van der Waals surface area contributed by atoms with Crippen molar-refractivity contribution in [1.29, 1.82) is 0 Å². The van der Waals surface area contributed by atoms with Crippen LogP contribution in [0.2, 0.25) is 0 Å². The van der Waals surface area contributed by atoms with Gasteiger partial charge in [-0.3, -0.25) is 24.4 Å². The minimum absolute atomic E-state index is 0.0998. The highest BCUT2D eigenvalue weighted by molar-refractivity contribution is 5.98. The van der Waals surface area contributed by atoms with E-state index >= 15 is 0 Å². The maximum Gasteiger partial charge on any atom is 0.325 e. The number of imidazole rings is 1. The zero-order valence-electron chi connectivity index (χ0n) is 21.5. The van der Waals surface area contributed by atoms with E-state index in [9.17, 15) is 19.2 Å². The summed E-state index contributed by atoms with van der Waals surface area (Å²) in [6.07, 6.45) is 2.02. The second kappa shape index (κ2) is 13.9. The molecule has 0 aliphatic carbocycles. The van der Waals surface area contributed by atoms with Crippen molar-refractivity contribution in [2.24, 2.45) is 0 Å². The van der Waals surface area contributed by atoms with Crippen molar-refractivity contribution in [1.82, 2.24) is 25.7 Å². The number of carbonyl (C=O) groups excluding carboxylic acids is 4. The van der Waals surface area contributed by atoms with Crippen LogP contribution in [0.1, 0.15) is 60.4 Å². The first-order valence-electron chi connectivity index (χ1n) is 12.5. The predicted molar refractivity (Wildman–Crippen MR) is 139 cm³/mol. The van der Waals surface area contributed by atoms with Crippen molar-refractivity contribution in [3.8, 4) is 0 Å². The molecular formula is C27H33N5O6. The Morgan fingerprint density at radius 3 is 2.47 bits per heavy atom. The number of hydrogen-bond acceptors (Lipinski definition) is 7. The summed E-state index contributed by atoms with van der Waals surface area (Å²) in [6.45, 7) is 2.49. The number of amides is 3. The molecule has 1 atom stereocenters. The second-order valence-corrected chi connectivity index (χ2v) is 8.78. The molecular weight excluding hydrogens is 490 g/mol. The Morgan fingerprint density at radius 2 is 1.79 bits per heavy atom. The molecule has 3 aromatic rings. The summed E-state index contributed by atoms with van der Waals surface area (Å²) >= 11 is 0. The summed E-state index contributed by atoms with van der Waals surface area (Å²) in [5, 5.41) is 14.3. The molecule has 0 aliphatic rings. The van der Waals surface area contributed by atoms with E-state index in [1.165, 1.54) is 12.6 Å². The summed E-state index contributed by atoms with van der Waals surface area (Å²) in [4.78, 5) is 53.0. The number of aryl methyl sites for hydroxylation is 1. The number of benzene rings is 2. The first kappa shape index (κ1) is 28.3. The molecule has 0 bridgehead atoms. The van der Waals surface area contributed by atoms with Crippen LogP contribution in [0.3, 0.4) is 0 Å². The van der Waals surface area contributed by atoms with Crippen LogP contribution < -0.4 is 16.1 Å². The lowest BCUT2D eigenvalue weighted by Crippen LogP contribution is -2.33. The number of hydrogen-bond donors (Lipinski definition) is 4. The summed E-state index contributed by atoms with van der Waals surface area (Å²) < 4.78 is 6.61. The molecule has 4 N–H and O–H groups in total. The lowest BCUT2D eigenvalue weighted by molar-refractivity contribution is -0.139. The van der Waals surface area contributed by atoms with Gasteiger partial charge in [0.2, 0.25) is 11.8 Å². The lowest BCUT2D eigenvalue weighted by atomic mass is 10.0. The Bertz CT molecular complexity index is 1270. The molecule has 1 aromatic heterocycles. The van der Waals surface area contributed by atoms with Crippen LogP contribution in [-0.4, -0.2) is 52.1 Å². The van der Waals surface area contributed by atoms with Crippen molar-refractivity contribution < 1.29 is 29.1 Å². The average molecular weight is 524 g/mol. The molecule has 202 valence electrons. The van der Waals surface area contributed by atoms with Crippen LogP contribution in [-0.2, 0) is 32.1 Å². The minimum atomic E-state index is -0.645. The fourth-order valence-electron chi connectivity index (χ4n) is 4.04. The van der Waals surface area contributed by atoms with E-state index in [-0.39, 0.29) is 25.3 Å². The normalized spacial score (nSPS) is 11.6.